The molecule has 17 heavy (non-hydrogen) atoms. The highest BCUT2D eigenvalue weighted by molar-refractivity contribution is 5.09. The molecular weight excluding hydrogens is 210 g/mol. The van der Waals surface area contributed by atoms with Crippen LogP contribution in [0, 0.1) is 10.8 Å². The summed E-state index contributed by atoms with van der Waals surface area (Å²) in [6, 6.07) is 0. The SMILES string of the molecule is CCC(N)(CC)C1(O)CC(C)(C)CC(C)(C)C1. The summed E-state index contributed by atoms with van der Waals surface area (Å²) in [5.74, 6) is 0. The molecule has 0 aromatic heterocycles. The average molecular weight is 241 g/mol. The van der Waals surface area contributed by atoms with Crippen LogP contribution in [0.1, 0.15) is 73.6 Å². The Morgan fingerprint density at radius 3 is 1.59 bits per heavy atom. The summed E-state index contributed by atoms with van der Waals surface area (Å²) >= 11 is 0. The third-order valence-electron chi connectivity index (χ3n) is 4.69. The van der Waals surface area contributed by atoms with Crippen molar-refractivity contribution in [2.75, 3.05) is 0 Å². The van der Waals surface area contributed by atoms with Gasteiger partial charge in [0.25, 0.3) is 0 Å². The maximum atomic E-state index is 11.1. The number of rotatable bonds is 3. The Hall–Kier alpha value is -0.0800. The fraction of sp³-hybridized carbons (Fsp3) is 1.00. The highest BCUT2D eigenvalue weighted by atomic mass is 16.3. The molecular formula is C15H31NO. The van der Waals surface area contributed by atoms with Crippen LogP contribution in [0.5, 0.6) is 0 Å². The second-order valence-corrected chi connectivity index (χ2v) is 7.75. The zero-order valence-electron chi connectivity index (χ0n) is 12.6. The maximum Gasteiger partial charge on any atom is 0.0836 e. The largest absolute Gasteiger partial charge is 0.388 e. The van der Waals surface area contributed by atoms with E-state index < -0.39 is 11.1 Å². The minimum Gasteiger partial charge on any atom is -0.388 e. The summed E-state index contributed by atoms with van der Waals surface area (Å²) in [4.78, 5) is 0. The molecule has 1 aliphatic carbocycles. The Morgan fingerprint density at radius 2 is 1.29 bits per heavy atom. The minimum absolute atomic E-state index is 0.172. The number of hydrogen-bond acceptors (Lipinski definition) is 2. The first-order valence-corrected chi connectivity index (χ1v) is 7.00. The third-order valence-corrected chi connectivity index (χ3v) is 4.69. The molecule has 0 bridgehead atoms. The van der Waals surface area contributed by atoms with Crippen molar-refractivity contribution >= 4 is 0 Å². The maximum absolute atomic E-state index is 11.1. The molecule has 2 heteroatoms. The minimum atomic E-state index is -0.720. The monoisotopic (exact) mass is 241 g/mol. The van der Waals surface area contributed by atoms with E-state index in [9.17, 15) is 5.11 Å². The normalized spacial score (nSPS) is 26.8. The lowest BCUT2D eigenvalue weighted by atomic mass is 9.54. The van der Waals surface area contributed by atoms with E-state index in [-0.39, 0.29) is 10.8 Å². The Bertz CT molecular complexity index is 261. The summed E-state index contributed by atoms with van der Waals surface area (Å²) in [6.07, 6.45) is 4.48. The summed E-state index contributed by atoms with van der Waals surface area (Å²) in [5.41, 5.74) is 5.68. The summed E-state index contributed by atoms with van der Waals surface area (Å²) in [5, 5.41) is 11.1. The Kier molecular flexibility index (Phi) is 3.73. The van der Waals surface area contributed by atoms with Gasteiger partial charge in [0.05, 0.1) is 5.60 Å². The van der Waals surface area contributed by atoms with Gasteiger partial charge in [0.1, 0.15) is 0 Å². The Balaban J connectivity index is 3.10. The molecule has 1 saturated carbocycles. The van der Waals surface area contributed by atoms with Gasteiger partial charge in [0.15, 0.2) is 0 Å². The van der Waals surface area contributed by atoms with Crippen molar-refractivity contribution in [3.8, 4) is 0 Å². The molecule has 0 aromatic carbocycles. The van der Waals surface area contributed by atoms with Crippen LogP contribution in [-0.4, -0.2) is 16.2 Å². The molecule has 0 aliphatic heterocycles. The van der Waals surface area contributed by atoms with Gasteiger partial charge >= 0.3 is 0 Å². The third kappa shape index (κ3) is 2.85. The molecule has 102 valence electrons. The van der Waals surface area contributed by atoms with Crippen LogP contribution >= 0.6 is 0 Å². The van der Waals surface area contributed by atoms with Gasteiger partial charge in [-0.15, -0.1) is 0 Å². The van der Waals surface area contributed by atoms with Crippen LogP contribution in [0.2, 0.25) is 0 Å². The van der Waals surface area contributed by atoms with Gasteiger partial charge in [-0.1, -0.05) is 41.5 Å². The average Bonchev–Trinajstić information content (AvgIpc) is 2.10. The van der Waals surface area contributed by atoms with Crippen LogP contribution in [0.15, 0.2) is 0 Å². The Morgan fingerprint density at radius 1 is 0.941 bits per heavy atom. The van der Waals surface area contributed by atoms with Gasteiger partial charge in [-0.05, 0) is 42.9 Å². The molecule has 0 saturated heterocycles. The van der Waals surface area contributed by atoms with E-state index in [1.54, 1.807) is 0 Å². The predicted octanol–water partition coefficient (Wildman–Crippen LogP) is 3.47. The van der Waals surface area contributed by atoms with Crippen molar-refractivity contribution in [1.29, 1.82) is 0 Å². The van der Waals surface area contributed by atoms with Gasteiger partial charge < -0.3 is 10.8 Å². The zero-order chi connectivity index (χ0) is 13.5. The van der Waals surface area contributed by atoms with Crippen LogP contribution in [0.4, 0.5) is 0 Å². The van der Waals surface area contributed by atoms with Gasteiger partial charge in [0.2, 0.25) is 0 Å². The van der Waals surface area contributed by atoms with Crippen molar-refractivity contribution in [3.63, 3.8) is 0 Å². The molecule has 1 aliphatic rings. The molecule has 0 spiro atoms. The van der Waals surface area contributed by atoms with Crippen LogP contribution in [-0.2, 0) is 0 Å². The molecule has 0 atom stereocenters. The fourth-order valence-corrected chi connectivity index (χ4v) is 4.33. The van der Waals surface area contributed by atoms with Crippen LogP contribution in [0.3, 0.4) is 0 Å². The van der Waals surface area contributed by atoms with Crippen molar-refractivity contribution in [2.24, 2.45) is 16.6 Å². The van der Waals surface area contributed by atoms with Gasteiger partial charge in [-0.3, -0.25) is 0 Å². The second-order valence-electron chi connectivity index (χ2n) is 7.75. The van der Waals surface area contributed by atoms with E-state index in [2.05, 4.69) is 41.5 Å². The number of aliphatic hydroxyl groups is 1. The first-order chi connectivity index (χ1) is 7.49. The van der Waals surface area contributed by atoms with Crippen LogP contribution in [0.25, 0.3) is 0 Å². The highest BCUT2D eigenvalue weighted by Gasteiger charge is 2.54. The molecule has 0 heterocycles. The van der Waals surface area contributed by atoms with Crippen molar-refractivity contribution < 1.29 is 5.11 Å². The van der Waals surface area contributed by atoms with E-state index in [0.29, 0.717) is 0 Å². The quantitative estimate of drug-likeness (QED) is 0.794. The second kappa shape index (κ2) is 4.24. The lowest BCUT2D eigenvalue weighted by Gasteiger charge is -2.56. The van der Waals surface area contributed by atoms with Gasteiger partial charge in [0, 0.05) is 5.54 Å². The molecule has 1 fully saturated rings. The van der Waals surface area contributed by atoms with E-state index in [4.69, 9.17) is 5.73 Å². The van der Waals surface area contributed by atoms with E-state index in [1.165, 1.54) is 0 Å². The van der Waals surface area contributed by atoms with Crippen LogP contribution < -0.4 is 5.73 Å². The molecule has 0 radical (unpaired) electrons. The van der Waals surface area contributed by atoms with E-state index in [0.717, 1.165) is 32.1 Å². The van der Waals surface area contributed by atoms with E-state index >= 15 is 0 Å². The van der Waals surface area contributed by atoms with Crippen molar-refractivity contribution in [3.05, 3.63) is 0 Å². The summed E-state index contributed by atoms with van der Waals surface area (Å²) < 4.78 is 0. The van der Waals surface area contributed by atoms with Crippen molar-refractivity contribution in [2.45, 2.75) is 84.8 Å². The van der Waals surface area contributed by atoms with Gasteiger partial charge in [-0.25, -0.2) is 0 Å². The molecule has 1 rings (SSSR count). The first kappa shape index (κ1) is 15.0. The number of nitrogens with two attached hydrogens (primary N) is 1. The Labute approximate surface area is 107 Å². The molecule has 2 nitrogen and oxygen atoms in total. The molecule has 0 unspecified atom stereocenters. The molecule has 0 amide bonds. The molecule has 0 aromatic rings. The summed E-state index contributed by atoms with van der Waals surface area (Å²) in [6.45, 7) is 13.2. The molecule has 3 N–H and O–H groups in total. The first-order valence-electron chi connectivity index (χ1n) is 7.00. The van der Waals surface area contributed by atoms with Gasteiger partial charge in [-0.2, -0.15) is 0 Å². The fourth-order valence-electron chi connectivity index (χ4n) is 4.33. The zero-order valence-corrected chi connectivity index (χ0v) is 12.6. The lowest BCUT2D eigenvalue weighted by molar-refractivity contribution is -0.134. The number of hydrogen-bond donors (Lipinski definition) is 2. The van der Waals surface area contributed by atoms with Crippen molar-refractivity contribution in [1.82, 2.24) is 0 Å². The predicted molar refractivity (Wildman–Crippen MR) is 73.9 cm³/mol. The topological polar surface area (TPSA) is 46.2 Å². The standard InChI is InChI=1S/C15H31NO/c1-7-14(16,8-2)15(17)10-12(3,4)9-13(5,6)11-15/h17H,7-11,16H2,1-6H3. The lowest BCUT2D eigenvalue weighted by Crippen LogP contribution is -2.64. The summed E-state index contributed by atoms with van der Waals surface area (Å²) in [7, 11) is 0. The van der Waals surface area contributed by atoms with E-state index in [1.807, 2.05) is 0 Å². The highest BCUT2D eigenvalue weighted by Crippen LogP contribution is 2.53. The smallest absolute Gasteiger partial charge is 0.0836 e.